The van der Waals surface area contributed by atoms with Gasteiger partial charge in [0.2, 0.25) is 0 Å². The second-order valence-corrected chi connectivity index (χ2v) is 4.63. The van der Waals surface area contributed by atoms with Crippen LogP contribution in [0.2, 0.25) is 0 Å². The highest BCUT2D eigenvalue weighted by molar-refractivity contribution is 7.88. The number of hydrogen-bond acceptors (Lipinski definition) is 5. The number of nitrogens with one attached hydrogen (secondary N) is 2. The number of methoxy groups -OCH3 is 1. The summed E-state index contributed by atoms with van der Waals surface area (Å²) in [5.41, 5.74) is 0.468. The Morgan fingerprint density at radius 3 is 2.50 bits per heavy atom. The summed E-state index contributed by atoms with van der Waals surface area (Å²) in [6, 6.07) is 8.95. The molecule has 0 aliphatic heterocycles. The van der Waals surface area contributed by atoms with Gasteiger partial charge in [-0.15, -0.1) is 0 Å². The molecule has 7 nitrogen and oxygen atoms in total. The smallest absolute Gasteiger partial charge is 0.421 e. The fourth-order valence-electron chi connectivity index (χ4n) is 1.15. The van der Waals surface area contributed by atoms with Crippen molar-refractivity contribution in [2.45, 2.75) is 6.04 Å². The van der Waals surface area contributed by atoms with Crippen molar-refractivity contribution < 1.29 is 17.9 Å². The van der Waals surface area contributed by atoms with Gasteiger partial charge < -0.3 is 4.74 Å². The van der Waals surface area contributed by atoms with Crippen molar-refractivity contribution in [2.75, 3.05) is 7.11 Å². The SMILES string of the molecule is COC(=O)NS(=O)(=O)NC(C#N)c1ccccc1. The summed E-state index contributed by atoms with van der Waals surface area (Å²) in [4.78, 5) is 10.8. The van der Waals surface area contributed by atoms with Crippen LogP contribution in [0.25, 0.3) is 0 Å². The molecule has 0 radical (unpaired) electrons. The highest BCUT2D eigenvalue weighted by Gasteiger charge is 2.21. The monoisotopic (exact) mass is 269 g/mol. The quantitative estimate of drug-likeness (QED) is 0.824. The zero-order valence-electron chi connectivity index (χ0n) is 9.45. The molecule has 96 valence electrons. The Hall–Kier alpha value is -2.11. The summed E-state index contributed by atoms with van der Waals surface area (Å²) in [7, 11) is -3.12. The van der Waals surface area contributed by atoms with Crippen LogP contribution >= 0.6 is 0 Å². The van der Waals surface area contributed by atoms with Crippen molar-refractivity contribution in [3.05, 3.63) is 35.9 Å². The molecule has 0 heterocycles. The zero-order chi connectivity index (χ0) is 13.6. The number of hydrogen-bond donors (Lipinski definition) is 2. The van der Waals surface area contributed by atoms with Crippen molar-refractivity contribution in [1.29, 1.82) is 5.26 Å². The third-order valence-electron chi connectivity index (χ3n) is 1.94. The number of amides is 1. The molecule has 0 aliphatic carbocycles. The van der Waals surface area contributed by atoms with Gasteiger partial charge in [-0.25, -0.2) is 9.52 Å². The van der Waals surface area contributed by atoms with Crippen LogP contribution in [0.4, 0.5) is 4.79 Å². The molecule has 0 saturated carbocycles. The molecule has 0 bridgehead atoms. The van der Waals surface area contributed by atoms with Crippen LogP contribution in [0.1, 0.15) is 11.6 Å². The van der Waals surface area contributed by atoms with Gasteiger partial charge in [0.15, 0.2) is 0 Å². The van der Waals surface area contributed by atoms with Crippen LogP contribution in [0.15, 0.2) is 30.3 Å². The second-order valence-electron chi connectivity index (χ2n) is 3.19. The summed E-state index contributed by atoms with van der Waals surface area (Å²) in [5.74, 6) is 0. The lowest BCUT2D eigenvalue weighted by atomic mass is 10.1. The molecule has 0 spiro atoms. The Morgan fingerprint density at radius 1 is 1.39 bits per heavy atom. The first-order chi connectivity index (χ1) is 8.48. The van der Waals surface area contributed by atoms with Gasteiger partial charge in [0.05, 0.1) is 13.2 Å². The number of ether oxygens (including phenoxy) is 1. The van der Waals surface area contributed by atoms with Crippen molar-refractivity contribution >= 4 is 16.3 Å². The van der Waals surface area contributed by atoms with E-state index in [1.165, 1.54) is 0 Å². The van der Waals surface area contributed by atoms with Gasteiger partial charge in [-0.2, -0.15) is 18.4 Å². The number of nitriles is 1. The maximum absolute atomic E-state index is 11.5. The van der Waals surface area contributed by atoms with Crippen molar-refractivity contribution in [2.24, 2.45) is 0 Å². The minimum atomic E-state index is -4.15. The van der Waals surface area contributed by atoms with E-state index in [2.05, 4.69) is 4.74 Å². The highest BCUT2D eigenvalue weighted by Crippen LogP contribution is 2.11. The van der Waals surface area contributed by atoms with Gasteiger partial charge in [-0.3, -0.25) is 0 Å². The van der Waals surface area contributed by atoms with E-state index in [1.54, 1.807) is 41.1 Å². The van der Waals surface area contributed by atoms with Gasteiger partial charge in [0.1, 0.15) is 6.04 Å². The third-order valence-corrected chi connectivity index (χ3v) is 2.92. The normalized spacial score (nSPS) is 12.2. The summed E-state index contributed by atoms with van der Waals surface area (Å²) in [5, 5.41) is 8.91. The number of carbonyl (C=O) groups excluding carboxylic acids is 1. The number of rotatable bonds is 4. The highest BCUT2D eigenvalue weighted by atomic mass is 32.2. The fourth-order valence-corrected chi connectivity index (χ4v) is 2.01. The average Bonchev–Trinajstić information content (AvgIpc) is 2.36. The molecule has 0 saturated heterocycles. The topological polar surface area (TPSA) is 108 Å². The first kappa shape index (κ1) is 14.0. The van der Waals surface area contributed by atoms with Gasteiger partial charge in [-0.1, -0.05) is 30.3 Å². The van der Waals surface area contributed by atoms with E-state index in [0.717, 1.165) is 7.11 Å². The Labute approximate surface area is 105 Å². The van der Waals surface area contributed by atoms with Gasteiger partial charge in [-0.05, 0) is 5.56 Å². The van der Waals surface area contributed by atoms with Gasteiger partial charge in [0.25, 0.3) is 0 Å². The molecule has 0 aliphatic rings. The van der Waals surface area contributed by atoms with Crippen LogP contribution in [0.3, 0.4) is 0 Å². The van der Waals surface area contributed by atoms with Gasteiger partial charge in [0, 0.05) is 0 Å². The van der Waals surface area contributed by atoms with E-state index in [-0.39, 0.29) is 0 Å². The van der Waals surface area contributed by atoms with E-state index in [0.29, 0.717) is 5.56 Å². The lowest BCUT2D eigenvalue weighted by Crippen LogP contribution is -2.41. The molecule has 0 aromatic heterocycles. The Bertz CT molecular complexity index is 550. The standard InChI is InChI=1S/C10H11N3O4S/c1-17-10(14)13-18(15,16)12-9(7-11)8-5-3-2-4-6-8/h2-6,9,12H,1H3,(H,13,14). The van der Waals surface area contributed by atoms with E-state index >= 15 is 0 Å². The molecule has 0 fully saturated rings. The summed E-state index contributed by atoms with van der Waals surface area (Å²) in [6.45, 7) is 0. The van der Waals surface area contributed by atoms with E-state index in [4.69, 9.17) is 5.26 Å². The van der Waals surface area contributed by atoms with Crippen LogP contribution in [-0.2, 0) is 14.9 Å². The Balaban J connectivity index is 2.82. The molecule has 18 heavy (non-hydrogen) atoms. The number of nitrogens with zero attached hydrogens (tertiary/aromatic N) is 1. The van der Waals surface area contributed by atoms with Crippen LogP contribution in [-0.4, -0.2) is 21.6 Å². The van der Waals surface area contributed by atoms with Crippen LogP contribution in [0, 0.1) is 11.3 Å². The van der Waals surface area contributed by atoms with Crippen LogP contribution in [0.5, 0.6) is 0 Å². The molecule has 8 heteroatoms. The lowest BCUT2D eigenvalue weighted by molar-refractivity contribution is 0.177. The van der Waals surface area contributed by atoms with Crippen molar-refractivity contribution in [3.63, 3.8) is 0 Å². The lowest BCUT2D eigenvalue weighted by Gasteiger charge is -2.12. The molecule has 1 unspecified atom stereocenters. The molecule has 1 aromatic carbocycles. The third kappa shape index (κ3) is 4.04. The Morgan fingerprint density at radius 2 is 2.00 bits per heavy atom. The summed E-state index contributed by atoms with van der Waals surface area (Å²) >= 11 is 0. The minimum absolute atomic E-state index is 0.468. The fraction of sp³-hybridized carbons (Fsp3) is 0.200. The molecule has 2 N–H and O–H groups in total. The van der Waals surface area contributed by atoms with Crippen molar-refractivity contribution in [1.82, 2.24) is 9.44 Å². The zero-order valence-corrected chi connectivity index (χ0v) is 10.3. The predicted molar refractivity (Wildman–Crippen MR) is 62.4 cm³/mol. The summed E-state index contributed by atoms with van der Waals surface area (Å²) in [6.07, 6.45) is -1.13. The maximum atomic E-state index is 11.5. The molecule has 1 aromatic rings. The Kier molecular flexibility index (Phi) is 4.65. The van der Waals surface area contributed by atoms with Gasteiger partial charge >= 0.3 is 16.3 Å². The largest absolute Gasteiger partial charge is 0.452 e. The number of benzene rings is 1. The molecular formula is C10H11N3O4S. The molecular weight excluding hydrogens is 258 g/mol. The number of carbonyl (C=O) groups is 1. The average molecular weight is 269 g/mol. The van der Waals surface area contributed by atoms with E-state index in [9.17, 15) is 13.2 Å². The first-order valence-electron chi connectivity index (χ1n) is 4.81. The van der Waals surface area contributed by atoms with Crippen molar-refractivity contribution in [3.8, 4) is 6.07 Å². The van der Waals surface area contributed by atoms with Crippen LogP contribution < -0.4 is 9.44 Å². The molecule has 1 rings (SSSR count). The second kappa shape index (κ2) is 6.00. The van der Waals surface area contributed by atoms with E-state index in [1.807, 2.05) is 4.72 Å². The predicted octanol–water partition coefficient (Wildman–Crippen LogP) is 0.442. The minimum Gasteiger partial charge on any atom is -0.452 e. The first-order valence-corrected chi connectivity index (χ1v) is 6.29. The maximum Gasteiger partial charge on any atom is 0.421 e. The van der Waals surface area contributed by atoms with E-state index < -0.39 is 22.3 Å². The summed E-state index contributed by atoms with van der Waals surface area (Å²) < 4.78 is 30.7. The molecule has 1 atom stereocenters. The molecule has 1 amide bonds.